The maximum atomic E-state index is 12.6. The van der Waals surface area contributed by atoms with E-state index in [0.717, 1.165) is 62.5 Å². The molecule has 0 aliphatic heterocycles. The summed E-state index contributed by atoms with van der Waals surface area (Å²) in [5.74, 6) is 0.816. The molecule has 10 heteroatoms. The van der Waals surface area contributed by atoms with Crippen LogP contribution in [0.2, 0.25) is 0 Å². The Hall–Kier alpha value is -3.04. The second kappa shape index (κ2) is 10.1. The van der Waals surface area contributed by atoms with E-state index in [1.807, 2.05) is 19.0 Å². The third-order valence-electron chi connectivity index (χ3n) is 6.31. The molecule has 1 heterocycles. The van der Waals surface area contributed by atoms with E-state index in [4.69, 9.17) is 9.97 Å². The van der Waals surface area contributed by atoms with E-state index in [1.165, 1.54) is 30.2 Å². The minimum atomic E-state index is -4.80. The number of aromatic nitrogens is 2. The molecule has 34 heavy (non-hydrogen) atoms. The first-order valence-electron chi connectivity index (χ1n) is 11.7. The SMILES string of the molecule is CN(C)c1nc(N[C@H]2CC[C@@H](NC(=O)c3cccc(OC(F)(F)F)c3)CC2)nc2c1CCCC2. The van der Waals surface area contributed by atoms with Gasteiger partial charge in [-0.25, -0.2) is 4.98 Å². The molecule has 184 valence electrons. The van der Waals surface area contributed by atoms with Crippen molar-refractivity contribution in [1.29, 1.82) is 0 Å². The molecule has 2 N–H and O–H groups in total. The Kier molecular flexibility index (Phi) is 7.13. The number of benzene rings is 1. The quantitative estimate of drug-likeness (QED) is 0.639. The van der Waals surface area contributed by atoms with E-state index in [2.05, 4.69) is 15.4 Å². The molecule has 2 aromatic rings. The highest BCUT2D eigenvalue weighted by molar-refractivity contribution is 5.94. The van der Waals surface area contributed by atoms with E-state index in [9.17, 15) is 18.0 Å². The first kappa shape index (κ1) is 24.1. The summed E-state index contributed by atoms with van der Waals surface area (Å²) in [6, 6.07) is 5.28. The number of hydrogen-bond donors (Lipinski definition) is 2. The van der Waals surface area contributed by atoms with Crippen LogP contribution < -0.4 is 20.3 Å². The number of ether oxygens (including phenoxy) is 1. The van der Waals surface area contributed by atoms with Crippen molar-refractivity contribution in [1.82, 2.24) is 15.3 Å². The van der Waals surface area contributed by atoms with Crippen LogP contribution in [0.5, 0.6) is 5.75 Å². The first-order chi connectivity index (χ1) is 16.2. The molecule has 4 rings (SSSR count). The fraction of sp³-hybridized carbons (Fsp3) is 0.542. The molecular weight excluding hydrogens is 447 g/mol. The minimum absolute atomic E-state index is 0.0421. The highest BCUT2D eigenvalue weighted by atomic mass is 19.4. The van der Waals surface area contributed by atoms with Crippen LogP contribution in [0, 0.1) is 0 Å². The van der Waals surface area contributed by atoms with E-state index < -0.39 is 18.0 Å². The Bertz CT molecular complexity index is 1020. The van der Waals surface area contributed by atoms with Crippen LogP contribution in [-0.2, 0) is 12.8 Å². The Labute approximate surface area is 197 Å². The second-order valence-electron chi connectivity index (χ2n) is 9.14. The number of aryl methyl sites for hydroxylation is 1. The van der Waals surface area contributed by atoms with Gasteiger partial charge >= 0.3 is 6.36 Å². The van der Waals surface area contributed by atoms with Gasteiger partial charge in [0.1, 0.15) is 11.6 Å². The van der Waals surface area contributed by atoms with Crippen molar-refractivity contribution in [3.63, 3.8) is 0 Å². The van der Waals surface area contributed by atoms with Gasteiger partial charge in [0, 0.05) is 37.3 Å². The summed E-state index contributed by atoms with van der Waals surface area (Å²) in [7, 11) is 4.00. The molecule has 1 fully saturated rings. The number of hydrogen-bond acceptors (Lipinski definition) is 6. The monoisotopic (exact) mass is 477 g/mol. The molecule has 0 saturated heterocycles. The number of amides is 1. The van der Waals surface area contributed by atoms with Crippen LogP contribution in [0.3, 0.4) is 0 Å². The average Bonchev–Trinajstić information content (AvgIpc) is 2.79. The van der Waals surface area contributed by atoms with Crippen molar-refractivity contribution in [3.8, 4) is 5.75 Å². The van der Waals surface area contributed by atoms with Crippen molar-refractivity contribution in [2.75, 3.05) is 24.3 Å². The van der Waals surface area contributed by atoms with Gasteiger partial charge in [0.05, 0.1) is 5.69 Å². The molecule has 1 aromatic carbocycles. The number of nitrogens with zero attached hydrogens (tertiary/aromatic N) is 3. The normalized spacial score (nSPS) is 20.3. The molecule has 0 spiro atoms. The van der Waals surface area contributed by atoms with Crippen molar-refractivity contribution in [2.24, 2.45) is 0 Å². The summed E-state index contributed by atoms with van der Waals surface area (Å²) in [4.78, 5) is 24.1. The van der Waals surface area contributed by atoms with E-state index in [1.54, 1.807) is 0 Å². The van der Waals surface area contributed by atoms with Gasteiger partial charge < -0.3 is 20.3 Å². The van der Waals surface area contributed by atoms with Crippen molar-refractivity contribution in [2.45, 2.75) is 69.8 Å². The standard InChI is InChI=1S/C24H30F3N5O2/c1-32(2)21-19-8-3-4-9-20(19)30-23(31-21)29-17-12-10-16(11-13-17)28-22(33)15-6-5-7-18(14-15)34-24(25,26)27/h5-7,14,16-17H,3-4,8-13H2,1-2H3,(H,28,33)(H,29,30,31)/t16-,17+. The fourth-order valence-corrected chi connectivity index (χ4v) is 4.68. The molecule has 0 radical (unpaired) electrons. The van der Waals surface area contributed by atoms with Crippen LogP contribution in [0.25, 0.3) is 0 Å². The predicted molar refractivity (Wildman–Crippen MR) is 123 cm³/mol. The second-order valence-corrected chi connectivity index (χ2v) is 9.14. The van der Waals surface area contributed by atoms with Gasteiger partial charge in [-0.2, -0.15) is 4.98 Å². The zero-order valence-electron chi connectivity index (χ0n) is 19.4. The topological polar surface area (TPSA) is 79.4 Å². The van der Waals surface area contributed by atoms with E-state index >= 15 is 0 Å². The highest BCUT2D eigenvalue weighted by Crippen LogP contribution is 2.29. The van der Waals surface area contributed by atoms with Gasteiger partial charge in [0.15, 0.2) is 0 Å². The van der Waals surface area contributed by atoms with Gasteiger partial charge in [0.2, 0.25) is 5.95 Å². The fourth-order valence-electron chi connectivity index (χ4n) is 4.68. The highest BCUT2D eigenvalue weighted by Gasteiger charge is 2.31. The number of nitrogens with one attached hydrogen (secondary N) is 2. The lowest BCUT2D eigenvalue weighted by Gasteiger charge is -2.30. The van der Waals surface area contributed by atoms with Crippen molar-refractivity contribution in [3.05, 3.63) is 41.1 Å². The summed E-state index contributed by atoms with van der Waals surface area (Å²) in [5.41, 5.74) is 2.52. The maximum Gasteiger partial charge on any atom is 0.573 e. The smallest absolute Gasteiger partial charge is 0.406 e. The number of carbonyl (C=O) groups excluding carboxylic acids is 1. The molecule has 7 nitrogen and oxygen atoms in total. The van der Waals surface area contributed by atoms with E-state index in [0.29, 0.717) is 5.95 Å². The average molecular weight is 478 g/mol. The summed E-state index contributed by atoms with van der Waals surface area (Å²) in [5, 5.41) is 6.41. The molecule has 0 bridgehead atoms. The summed E-state index contributed by atoms with van der Waals surface area (Å²) in [6.45, 7) is 0. The number of anilines is 2. The largest absolute Gasteiger partial charge is 0.573 e. The van der Waals surface area contributed by atoms with Crippen LogP contribution in [0.15, 0.2) is 24.3 Å². The molecule has 2 aliphatic carbocycles. The lowest BCUT2D eigenvalue weighted by atomic mass is 9.91. The van der Waals surface area contributed by atoms with Crippen LogP contribution >= 0.6 is 0 Å². The third kappa shape index (κ3) is 6.09. The molecule has 1 aromatic heterocycles. The van der Waals surface area contributed by atoms with Crippen molar-refractivity contribution < 1.29 is 22.7 Å². The van der Waals surface area contributed by atoms with Gasteiger partial charge in [-0.15, -0.1) is 13.2 Å². The maximum absolute atomic E-state index is 12.6. The van der Waals surface area contributed by atoms with Crippen LogP contribution in [0.1, 0.15) is 60.1 Å². The van der Waals surface area contributed by atoms with Gasteiger partial charge in [-0.1, -0.05) is 6.07 Å². The number of fused-ring (bicyclic) bond motifs is 1. The summed E-state index contributed by atoms with van der Waals surface area (Å²) >= 11 is 0. The Balaban J connectivity index is 1.32. The van der Waals surface area contributed by atoms with Gasteiger partial charge in [-0.3, -0.25) is 4.79 Å². The van der Waals surface area contributed by atoms with E-state index in [-0.39, 0.29) is 17.6 Å². The lowest BCUT2D eigenvalue weighted by molar-refractivity contribution is -0.274. The number of carbonyl (C=O) groups is 1. The molecule has 2 aliphatic rings. The minimum Gasteiger partial charge on any atom is -0.406 e. The number of alkyl halides is 3. The molecule has 1 amide bonds. The molecule has 0 atom stereocenters. The Morgan fingerprint density at radius 3 is 2.47 bits per heavy atom. The van der Waals surface area contributed by atoms with Gasteiger partial charge in [0.25, 0.3) is 5.91 Å². The molecular formula is C24H30F3N5O2. The lowest BCUT2D eigenvalue weighted by Crippen LogP contribution is -2.40. The summed E-state index contributed by atoms with van der Waals surface area (Å²) < 4.78 is 41.2. The summed E-state index contributed by atoms with van der Waals surface area (Å²) in [6.07, 6.45) is 2.68. The number of halogens is 3. The van der Waals surface area contributed by atoms with Crippen LogP contribution in [-0.4, -0.2) is 48.4 Å². The zero-order valence-corrected chi connectivity index (χ0v) is 19.4. The number of rotatable bonds is 6. The van der Waals surface area contributed by atoms with Crippen molar-refractivity contribution >= 4 is 17.7 Å². The molecule has 0 unspecified atom stereocenters. The first-order valence-corrected chi connectivity index (χ1v) is 11.7. The third-order valence-corrected chi connectivity index (χ3v) is 6.31. The van der Waals surface area contributed by atoms with Crippen LogP contribution in [0.4, 0.5) is 24.9 Å². The zero-order chi connectivity index (χ0) is 24.3. The molecule has 1 saturated carbocycles. The Morgan fingerprint density at radius 2 is 1.76 bits per heavy atom. The Morgan fingerprint density at radius 1 is 1.06 bits per heavy atom. The van der Waals surface area contributed by atoms with Gasteiger partial charge in [-0.05, 0) is 69.6 Å². The predicted octanol–water partition coefficient (Wildman–Crippen LogP) is 4.47.